The van der Waals surface area contributed by atoms with Crippen LogP contribution in [0.5, 0.6) is 5.75 Å². The van der Waals surface area contributed by atoms with Crippen molar-refractivity contribution in [1.29, 1.82) is 0 Å². The summed E-state index contributed by atoms with van der Waals surface area (Å²) in [7, 11) is 0. The Labute approximate surface area is 108 Å². The van der Waals surface area contributed by atoms with Crippen LogP contribution in [0.1, 0.15) is 42.2 Å². The molecule has 1 amide bonds. The first-order valence-corrected chi connectivity index (χ1v) is 6.50. The van der Waals surface area contributed by atoms with Crippen molar-refractivity contribution in [3.8, 4) is 5.75 Å². The second kappa shape index (κ2) is 5.87. The van der Waals surface area contributed by atoms with Crippen LogP contribution in [0.2, 0.25) is 0 Å². The van der Waals surface area contributed by atoms with E-state index in [1.54, 1.807) is 0 Å². The van der Waals surface area contributed by atoms with E-state index in [1.165, 1.54) is 0 Å². The number of carbonyl (C=O) groups excluding carboxylic acids is 1. The molecule has 0 fully saturated rings. The highest BCUT2D eigenvalue weighted by Crippen LogP contribution is 2.24. The first-order valence-electron chi connectivity index (χ1n) is 6.50. The molecule has 1 aliphatic heterocycles. The van der Waals surface area contributed by atoms with Gasteiger partial charge in [-0.15, -0.1) is 0 Å². The molecule has 2 rings (SSSR count). The molecule has 4 heteroatoms. The van der Waals surface area contributed by atoms with Crippen molar-refractivity contribution in [1.82, 2.24) is 10.6 Å². The Morgan fingerprint density at radius 1 is 1.50 bits per heavy atom. The predicted molar refractivity (Wildman–Crippen MR) is 71.0 cm³/mol. The molecule has 1 aliphatic rings. The molecule has 0 bridgehead atoms. The van der Waals surface area contributed by atoms with Gasteiger partial charge in [-0.3, -0.25) is 4.79 Å². The van der Waals surface area contributed by atoms with Gasteiger partial charge in [-0.25, -0.2) is 0 Å². The van der Waals surface area contributed by atoms with E-state index < -0.39 is 0 Å². The lowest BCUT2D eigenvalue weighted by atomic mass is 10.0. The summed E-state index contributed by atoms with van der Waals surface area (Å²) in [5.41, 5.74) is 1.75. The molecule has 0 aliphatic carbocycles. The van der Waals surface area contributed by atoms with Gasteiger partial charge < -0.3 is 15.4 Å². The van der Waals surface area contributed by atoms with Crippen molar-refractivity contribution in [2.75, 3.05) is 19.7 Å². The normalized spacial score (nSPS) is 16.2. The summed E-state index contributed by atoms with van der Waals surface area (Å²) in [5.74, 6) is 0.628. The number of benzene rings is 1. The van der Waals surface area contributed by atoms with E-state index in [9.17, 15) is 4.79 Å². The van der Waals surface area contributed by atoms with Gasteiger partial charge in [0.05, 0.1) is 12.1 Å². The molecule has 2 N–H and O–H groups in total. The number of carbonyl (C=O) groups is 1. The minimum Gasteiger partial charge on any atom is -0.491 e. The zero-order valence-corrected chi connectivity index (χ0v) is 11.0. The number of hydrogen-bond acceptors (Lipinski definition) is 3. The molecule has 0 saturated carbocycles. The number of ether oxygens (including phenoxy) is 1. The summed E-state index contributed by atoms with van der Waals surface area (Å²) < 4.78 is 5.53. The van der Waals surface area contributed by atoms with Crippen LogP contribution in [0.15, 0.2) is 18.2 Å². The third-order valence-corrected chi connectivity index (χ3v) is 3.09. The Hall–Kier alpha value is -1.55. The van der Waals surface area contributed by atoms with E-state index in [-0.39, 0.29) is 11.9 Å². The average molecular weight is 248 g/mol. The van der Waals surface area contributed by atoms with Crippen LogP contribution in [0.3, 0.4) is 0 Å². The summed E-state index contributed by atoms with van der Waals surface area (Å²) in [6.45, 7) is 6.31. The maximum Gasteiger partial charge on any atom is 0.255 e. The average Bonchev–Trinajstić information content (AvgIpc) is 2.58. The fourth-order valence-corrected chi connectivity index (χ4v) is 2.02. The van der Waals surface area contributed by atoms with Gasteiger partial charge >= 0.3 is 0 Å². The van der Waals surface area contributed by atoms with E-state index in [2.05, 4.69) is 24.5 Å². The van der Waals surface area contributed by atoms with Crippen molar-refractivity contribution in [2.24, 2.45) is 0 Å². The fraction of sp³-hybridized carbons (Fsp3) is 0.500. The van der Waals surface area contributed by atoms with Crippen LogP contribution in [-0.2, 0) is 0 Å². The third-order valence-electron chi connectivity index (χ3n) is 3.09. The van der Waals surface area contributed by atoms with Crippen LogP contribution in [0.25, 0.3) is 0 Å². The molecule has 1 aromatic rings. The topological polar surface area (TPSA) is 50.4 Å². The van der Waals surface area contributed by atoms with Crippen molar-refractivity contribution < 1.29 is 9.53 Å². The van der Waals surface area contributed by atoms with E-state index >= 15 is 0 Å². The lowest BCUT2D eigenvalue weighted by Gasteiger charge is -2.15. The van der Waals surface area contributed by atoms with Crippen LogP contribution in [0, 0.1) is 0 Å². The summed E-state index contributed by atoms with van der Waals surface area (Å²) in [6.07, 6.45) is 1.10. The molecule has 0 radical (unpaired) electrons. The van der Waals surface area contributed by atoms with E-state index in [0.29, 0.717) is 24.5 Å². The number of rotatable bonds is 4. The molecule has 0 aromatic heterocycles. The molecular weight excluding hydrogens is 228 g/mol. The number of hydrogen-bond donors (Lipinski definition) is 2. The Morgan fingerprint density at radius 3 is 3.11 bits per heavy atom. The van der Waals surface area contributed by atoms with Gasteiger partial charge in [0.1, 0.15) is 12.4 Å². The minimum absolute atomic E-state index is 0.0490. The highest BCUT2D eigenvalue weighted by Gasteiger charge is 2.17. The molecule has 1 heterocycles. The van der Waals surface area contributed by atoms with E-state index in [0.717, 1.165) is 18.5 Å². The van der Waals surface area contributed by atoms with Gasteiger partial charge in [0.15, 0.2) is 0 Å². The second-order valence-electron chi connectivity index (χ2n) is 4.54. The van der Waals surface area contributed by atoms with Gasteiger partial charge in [0.25, 0.3) is 5.91 Å². The highest BCUT2D eigenvalue weighted by molar-refractivity contribution is 5.97. The maximum absolute atomic E-state index is 11.9. The standard InChI is InChI=1S/C14H20N2O2/c1-3-6-15-10(2)11-4-5-13-12(9-11)14(17)16-7-8-18-13/h4-5,9-10,15H,3,6-8H2,1-2H3,(H,16,17). The van der Waals surface area contributed by atoms with Crippen molar-refractivity contribution in [3.63, 3.8) is 0 Å². The molecule has 18 heavy (non-hydrogen) atoms. The number of fused-ring (bicyclic) bond motifs is 1. The maximum atomic E-state index is 11.9. The first-order chi connectivity index (χ1) is 8.72. The zero-order valence-electron chi connectivity index (χ0n) is 11.0. The quantitative estimate of drug-likeness (QED) is 0.855. The van der Waals surface area contributed by atoms with Crippen molar-refractivity contribution >= 4 is 5.91 Å². The lowest BCUT2D eigenvalue weighted by molar-refractivity contribution is 0.0957. The fourth-order valence-electron chi connectivity index (χ4n) is 2.02. The monoisotopic (exact) mass is 248 g/mol. The zero-order chi connectivity index (χ0) is 13.0. The largest absolute Gasteiger partial charge is 0.491 e. The van der Waals surface area contributed by atoms with Crippen molar-refractivity contribution in [3.05, 3.63) is 29.3 Å². The minimum atomic E-state index is -0.0490. The van der Waals surface area contributed by atoms with Crippen LogP contribution in [-0.4, -0.2) is 25.6 Å². The molecule has 1 aromatic carbocycles. The Kier molecular flexibility index (Phi) is 4.20. The molecular formula is C14H20N2O2. The van der Waals surface area contributed by atoms with Crippen LogP contribution >= 0.6 is 0 Å². The number of nitrogens with one attached hydrogen (secondary N) is 2. The van der Waals surface area contributed by atoms with Gasteiger partial charge in [0.2, 0.25) is 0 Å². The predicted octanol–water partition coefficient (Wildman–Crippen LogP) is 1.87. The summed E-state index contributed by atoms with van der Waals surface area (Å²) in [5, 5.41) is 6.24. The van der Waals surface area contributed by atoms with Crippen molar-refractivity contribution in [2.45, 2.75) is 26.3 Å². The Morgan fingerprint density at radius 2 is 2.33 bits per heavy atom. The summed E-state index contributed by atoms with van der Waals surface area (Å²) >= 11 is 0. The van der Waals surface area contributed by atoms with Gasteiger partial charge in [0, 0.05) is 6.04 Å². The van der Waals surface area contributed by atoms with Gasteiger partial charge in [-0.2, -0.15) is 0 Å². The van der Waals surface area contributed by atoms with E-state index in [4.69, 9.17) is 4.74 Å². The molecule has 1 unspecified atom stereocenters. The SMILES string of the molecule is CCCNC(C)c1ccc2c(c1)C(=O)NCCO2. The van der Waals surface area contributed by atoms with Gasteiger partial charge in [-0.1, -0.05) is 13.0 Å². The molecule has 0 saturated heterocycles. The molecule has 98 valence electrons. The third kappa shape index (κ3) is 2.82. The Balaban J connectivity index is 2.22. The van der Waals surface area contributed by atoms with E-state index in [1.807, 2.05) is 18.2 Å². The van der Waals surface area contributed by atoms with Gasteiger partial charge in [-0.05, 0) is 37.6 Å². The lowest BCUT2D eigenvalue weighted by Crippen LogP contribution is -2.25. The smallest absolute Gasteiger partial charge is 0.255 e. The summed E-state index contributed by atoms with van der Waals surface area (Å²) in [4.78, 5) is 11.9. The number of amides is 1. The van der Waals surface area contributed by atoms with Crippen LogP contribution in [0.4, 0.5) is 0 Å². The highest BCUT2D eigenvalue weighted by atomic mass is 16.5. The Bertz CT molecular complexity index is 432. The molecule has 1 atom stereocenters. The molecule has 4 nitrogen and oxygen atoms in total. The molecule has 0 spiro atoms. The first kappa shape index (κ1) is 12.9. The summed E-state index contributed by atoms with van der Waals surface area (Å²) in [6, 6.07) is 6.07. The second-order valence-corrected chi connectivity index (χ2v) is 4.54. The van der Waals surface area contributed by atoms with Crippen LogP contribution < -0.4 is 15.4 Å².